The van der Waals surface area contributed by atoms with Gasteiger partial charge in [-0.1, -0.05) is 37.3 Å². The van der Waals surface area contributed by atoms with E-state index in [1.165, 1.54) is 41.4 Å². The highest BCUT2D eigenvalue weighted by molar-refractivity contribution is 7.90. The summed E-state index contributed by atoms with van der Waals surface area (Å²) in [4.78, 5) is 0.125. The van der Waals surface area contributed by atoms with Crippen LogP contribution in [0.15, 0.2) is 71.2 Å². The van der Waals surface area contributed by atoms with Crippen LogP contribution in [0.25, 0.3) is 11.1 Å². The average Bonchev–Trinajstić information content (AvgIpc) is 2.70. The Balaban J connectivity index is 2.87. The molecule has 0 saturated heterocycles. The zero-order chi connectivity index (χ0) is 24.1. The van der Waals surface area contributed by atoms with Crippen LogP contribution in [-0.2, 0) is 9.84 Å². The van der Waals surface area contributed by atoms with Gasteiger partial charge < -0.3 is 0 Å². The van der Waals surface area contributed by atoms with Crippen LogP contribution in [0.3, 0.4) is 0 Å². The Hall–Kier alpha value is -2.87. The van der Waals surface area contributed by atoms with Crippen LogP contribution in [0.2, 0.25) is 0 Å². The van der Waals surface area contributed by atoms with E-state index in [4.69, 9.17) is 0 Å². The molecule has 0 aliphatic carbocycles. The molecule has 0 atom stereocenters. The Morgan fingerprint density at radius 1 is 1.09 bits per heavy atom. The van der Waals surface area contributed by atoms with E-state index in [2.05, 4.69) is 11.7 Å². The fourth-order valence-electron chi connectivity index (χ4n) is 3.25. The second-order valence-electron chi connectivity index (χ2n) is 7.48. The molecule has 0 unspecified atom stereocenters. The Bertz CT molecular complexity index is 1120. The first-order valence-electron chi connectivity index (χ1n) is 9.97. The monoisotopic (exact) mass is 464 g/mol. The molecule has 0 amide bonds. The molecule has 0 bridgehead atoms. The molecule has 32 heavy (non-hydrogen) atoms. The number of rotatable bonds is 9. The summed E-state index contributed by atoms with van der Waals surface area (Å²) in [7, 11) is -1.85. The lowest BCUT2D eigenvalue weighted by atomic mass is 9.88. The second-order valence-corrected chi connectivity index (χ2v) is 9.49. The van der Waals surface area contributed by atoms with Crippen molar-refractivity contribution < 1.29 is 21.6 Å². The van der Waals surface area contributed by atoms with Crippen molar-refractivity contribution >= 4 is 26.7 Å². The van der Waals surface area contributed by atoms with Crippen LogP contribution in [0.4, 0.5) is 13.2 Å². The summed E-state index contributed by atoms with van der Waals surface area (Å²) >= 11 is 0. The fourth-order valence-corrected chi connectivity index (χ4v) is 3.89. The zero-order valence-corrected chi connectivity index (χ0v) is 19.4. The Morgan fingerprint density at radius 2 is 1.62 bits per heavy atom. The molecular formula is C24H27F3N2O2S. The topological polar surface area (TPSA) is 49.7 Å². The zero-order valence-electron chi connectivity index (χ0n) is 18.6. The van der Waals surface area contributed by atoms with Gasteiger partial charge in [-0.15, -0.1) is 6.58 Å². The van der Waals surface area contributed by atoms with Gasteiger partial charge >= 0.3 is 0 Å². The largest absolute Gasteiger partial charge is 0.296 e. The number of sulfone groups is 1. The standard InChI is InChI=1S/C24H27F3N2O2S/c1-6-16-29(4)28-23(24(3,26)27)22(18-8-12-19(25)13-9-18)21(7-2)17-10-14-20(15-11-17)32(5,30)31/h6,8-15H,1,7,16H2,2-5H3/b22-21+,28-23+. The minimum atomic E-state index is -3.41. The number of nitrogens with zero attached hydrogens (tertiary/aromatic N) is 2. The molecule has 0 aromatic heterocycles. The normalized spacial score (nSPS) is 13.5. The molecule has 0 aliphatic rings. The summed E-state index contributed by atoms with van der Waals surface area (Å²) < 4.78 is 66.9. The van der Waals surface area contributed by atoms with Gasteiger partial charge in [-0.3, -0.25) is 5.01 Å². The van der Waals surface area contributed by atoms with E-state index >= 15 is 0 Å². The maximum absolute atomic E-state index is 14.9. The molecule has 0 saturated carbocycles. The van der Waals surface area contributed by atoms with Crippen LogP contribution < -0.4 is 0 Å². The number of allylic oxidation sites excluding steroid dienone is 2. The minimum absolute atomic E-state index is 0.125. The van der Waals surface area contributed by atoms with Gasteiger partial charge in [0, 0.05) is 25.8 Å². The first-order valence-corrected chi connectivity index (χ1v) is 11.9. The first-order chi connectivity index (χ1) is 14.9. The van der Waals surface area contributed by atoms with Gasteiger partial charge in [-0.05, 0) is 47.4 Å². The van der Waals surface area contributed by atoms with Crippen molar-refractivity contribution in [1.29, 1.82) is 0 Å². The summed E-state index contributed by atoms with van der Waals surface area (Å²) in [6, 6.07) is 11.3. The molecular weight excluding hydrogens is 437 g/mol. The van der Waals surface area contributed by atoms with Crippen LogP contribution in [0, 0.1) is 5.82 Å². The highest BCUT2D eigenvalue weighted by atomic mass is 32.2. The molecule has 0 N–H and O–H groups in total. The smallest absolute Gasteiger partial charge is 0.289 e. The third-order valence-electron chi connectivity index (χ3n) is 4.74. The molecule has 2 rings (SSSR count). The molecule has 0 spiro atoms. The molecule has 0 fully saturated rings. The number of likely N-dealkylation sites (N-methyl/N-ethyl adjacent to an activating group) is 1. The van der Waals surface area contributed by atoms with Gasteiger partial charge in [0.25, 0.3) is 5.92 Å². The van der Waals surface area contributed by atoms with Gasteiger partial charge in [0.1, 0.15) is 11.5 Å². The van der Waals surface area contributed by atoms with Crippen LogP contribution in [0.1, 0.15) is 31.4 Å². The van der Waals surface area contributed by atoms with Gasteiger partial charge in [0.05, 0.1) is 11.4 Å². The Morgan fingerprint density at radius 3 is 2.06 bits per heavy atom. The highest BCUT2D eigenvalue weighted by Gasteiger charge is 2.35. The minimum Gasteiger partial charge on any atom is -0.296 e. The Kier molecular flexibility index (Phi) is 8.07. The quantitative estimate of drug-likeness (QED) is 0.208. The van der Waals surface area contributed by atoms with E-state index in [1.807, 2.05) is 6.92 Å². The lowest BCUT2D eigenvalue weighted by molar-refractivity contribution is 0.0998. The van der Waals surface area contributed by atoms with E-state index in [-0.39, 0.29) is 17.0 Å². The number of hydrogen-bond donors (Lipinski definition) is 0. The summed E-state index contributed by atoms with van der Waals surface area (Å²) in [6.07, 6.45) is 2.99. The van der Waals surface area contributed by atoms with E-state index < -0.39 is 27.3 Å². The number of hydrogen-bond acceptors (Lipinski definition) is 4. The van der Waals surface area contributed by atoms with Gasteiger partial charge in [0.2, 0.25) is 0 Å². The molecule has 0 heterocycles. The Labute approximate surface area is 187 Å². The molecule has 0 radical (unpaired) electrons. The molecule has 4 nitrogen and oxygen atoms in total. The molecule has 2 aromatic rings. The lowest BCUT2D eigenvalue weighted by Gasteiger charge is -2.24. The van der Waals surface area contributed by atoms with Crippen molar-refractivity contribution in [3.05, 3.63) is 78.1 Å². The number of benzene rings is 2. The van der Waals surface area contributed by atoms with Crippen LogP contribution in [-0.4, -0.2) is 44.9 Å². The van der Waals surface area contributed by atoms with Crippen LogP contribution in [0.5, 0.6) is 0 Å². The SMILES string of the molecule is C=CCN(C)/N=C(\C(=C(/CC)c1ccc(S(C)(=O)=O)cc1)c1ccc(F)cc1)C(C)(F)F. The number of halogens is 3. The predicted molar refractivity (Wildman–Crippen MR) is 124 cm³/mol. The fraction of sp³-hybridized carbons (Fsp3) is 0.292. The van der Waals surface area contributed by atoms with Crippen molar-refractivity contribution in [2.24, 2.45) is 5.10 Å². The maximum Gasteiger partial charge on any atom is 0.289 e. The van der Waals surface area contributed by atoms with Gasteiger partial charge in [-0.2, -0.15) is 13.9 Å². The summed E-state index contributed by atoms with van der Waals surface area (Å²) in [5.74, 6) is -3.80. The lowest BCUT2D eigenvalue weighted by Crippen LogP contribution is -2.30. The molecule has 0 aliphatic heterocycles. The molecule has 2 aromatic carbocycles. The molecule has 8 heteroatoms. The van der Waals surface area contributed by atoms with Crippen molar-refractivity contribution in [1.82, 2.24) is 5.01 Å². The third kappa shape index (κ3) is 6.32. The maximum atomic E-state index is 14.9. The first kappa shape index (κ1) is 25.4. The van der Waals surface area contributed by atoms with Crippen molar-refractivity contribution in [2.75, 3.05) is 19.8 Å². The second kappa shape index (κ2) is 10.2. The predicted octanol–water partition coefficient (Wildman–Crippen LogP) is 5.68. The molecule has 172 valence electrons. The summed E-state index contributed by atoms with van der Waals surface area (Å²) in [5, 5.41) is 5.52. The van der Waals surface area contributed by atoms with Crippen molar-refractivity contribution in [2.45, 2.75) is 31.1 Å². The van der Waals surface area contributed by atoms with Crippen molar-refractivity contribution in [3.63, 3.8) is 0 Å². The van der Waals surface area contributed by atoms with Crippen LogP contribution >= 0.6 is 0 Å². The van der Waals surface area contributed by atoms with Gasteiger partial charge in [-0.25, -0.2) is 12.8 Å². The van der Waals surface area contributed by atoms with Crippen molar-refractivity contribution in [3.8, 4) is 0 Å². The van der Waals surface area contributed by atoms with Gasteiger partial charge in [0.15, 0.2) is 9.84 Å². The van der Waals surface area contributed by atoms with E-state index in [1.54, 1.807) is 25.3 Å². The number of alkyl halides is 2. The third-order valence-corrected chi connectivity index (χ3v) is 5.86. The van der Waals surface area contributed by atoms with E-state index in [0.29, 0.717) is 23.1 Å². The number of hydrazone groups is 1. The summed E-state index contributed by atoms with van der Waals surface area (Å²) in [5.41, 5.74) is 1.18. The highest BCUT2D eigenvalue weighted by Crippen LogP contribution is 2.36. The van der Waals surface area contributed by atoms with E-state index in [9.17, 15) is 21.6 Å². The summed E-state index contributed by atoms with van der Waals surface area (Å²) in [6.45, 7) is 6.43. The average molecular weight is 465 g/mol. The van der Waals surface area contributed by atoms with E-state index in [0.717, 1.165) is 13.2 Å².